The highest BCUT2D eigenvalue weighted by Crippen LogP contribution is 2.32. The monoisotopic (exact) mass is 288 g/mol. The van der Waals surface area contributed by atoms with Gasteiger partial charge in [0.1, 0.15) is 0 Å². The molecule has 0 radical (unpaired) electrons. The second-order valence-corrected chi connectivity index (χ2v) is 6.78. The minimum Gasteiger partial charge on any atom is -0.378 e. The molecule has 0 unspecified atom stereocenters. The van der Waals surface area contributed by atoms with Crippen molar-refractivity contribution in [3.63, 3.8) is 0 Å². The zero-order valence-corrected chi connectivity index (χ0v) is 13.2. The first kappa shape index (κ1) is 14.4. The second kappa shape index (κ2) is 5.34. The molecule has 3 rings (SSSR count). The summed E-state index contributed by atoms with van der Waals surface area (Å²) in [7, 11) is 0. The van der Waals surface area contributed by atoms with Crippen LogP contribution in [0.2, 0.25) is 0 Å². The molecule has 1 saturated heterocycles. The number of carbonyl (C=O) groups is 1. The summed E-state index contributed by atoms with van der Waals surface area (Å²) < 4.78 is 5.43. The third kappa shape index (κ3) is 2.64. The Kier molecular flexibility index (Phi) is 3.66. The molecule has 1 fully saturated rings. The maximum absolute atomic E-state index is 12.8. The van der Waals surface area contributed by atoms with Gasteiger partial charge in [-0.1, -0.05) is 6.07 Å². The normalized spacial score (nSPS) is 19.7. The van der Waals surface area contributed by atoms with E-state index in [1.807, 2.05) is 17.0 Å². The predicted octanol–water partition coefficient (Wildman–Crippen LogP) is 2.32. The summed E-state index contributed by atoms with van der Waals surface area (Å²) in [6.45, 7) is 10.5. The van der Waals surface area contributed by atoms with Crippen molar-refractivity contribution in [2.24, 2.45) is 0 Å². The summed E-state index contributed by atoms with van der Waals surface area (Å²) in [5.74, 6) is 0.166. The Balaban J connectivity index is 1.95. The predicted molar refractivity (Wildman–Crippen MR) is 84.0 cm³/mol. The molecule has 0 N–H and O–H groups in total. The lowest BCUT2D eigenvalue weighted by Gasteiger charge is -2.40. The van der Waals surface area contributed by atoms with Gasteiger partial charge in [-0.05, 0) is 44.9 Å². The van der Waals surface area contributed by atoms with Crippen LogP contribution in [0.4, 0.5) is 5.69 Å². The van der Waals surface area contributed by atoms with Crippen LogP contribution in [0, 0.1) is 0 Å². The van der Waals surface area contributed by atoms with Crippen LogP contribution in [0.15, 0.2) is 18.2 Å². The number of rotatable bonds is 1. The van der Waals surface area contributed by atoms with Crippen molar-refractivity contribution in [3.8, 4) is 0 Å². The minimum absolute atomic E-state index is 0.121. The number of nitrogens with zero attached hydrogens (tertiary/aromatic N) is 2. The van der Waals surface area contributed by atoms with Crippen molar-refractivity contribution < 1.29 is 9.53 Å². The summed E-state index contributed by atoms with van der Waals surface area (Å²) in [5, 5.41) is 0. The zero-order valence-electron chi connectivity index (χ0n) is 13.2. The van der Waals surface area contributed by atoms with Crippen LogP contribution in [0.25, 0.3) is 0 Å². The van der Waals surface area contributed by atoms with E-state index in [-0.39, 0.29) is 11.4 Å². The van der Waals surface area contributed by atoms with Gasteiger partial charge in [0.05, 0.1) is 13.2 Å². The van der Waals surface area contributed by atoms with Gasteiger partial charge in [0.15, 0.2) is 0 Å². The Bertz CT molecular complexity index is 542. The molecule has 0 aromatic heterocycles. The number of hydrogen-bond acceptors (Lipinski definition) is 3. The number of amides is 1. The number of morpholine rings is 1. The lowest BCUT2D eigenvalue weighted by Crippen LogP contribution is -2.49. The molecule has 2 heterocycles. The first-order chi connectivity index (χ1) is 9.98. The SMILES string of the molecule is CC(C)(C)N1CCc2c(cccc2N2CCOCC2)C1=O. The van der Waals surface area contributed by atoms with Crippen LogP contribution < -0.4 is 4.90 Å². The van der Waals surface area contributed by atoms with E-state index < -0.39 is 0 Å². The first-order valence-electron chi connectivity index (χ1n) is 7.75. The molecule has 1 amide bonds. The van der Waals surface area contributed by atoms with E-state index in [9.17, 15) is 4.79 Å². The fourth-order valence-electron chi connectivity index (χ4n) is 3.25. The highest BCUT2D eigenvalue weighted by atomic mass is 16.5. The summed E-state index contributed by atoms with van der Waals surface area (Å²) >= 11 is 0. The fraction of sp³-hybridized carbons (Fsp3) is 0.588. The molecule has 2 aliphatic heterocycles. The summed E-state index contributed by atoms with van der Waals surface area (Å²) in [6, 6.07) is 6.12. The molecule has 0 saturated carbocycles. The largest absolute Gasteiger partial charge is 0.378 e. The third-order valence-electron chi connectivity index (χ3n) is 4.37. The van der Waals surface area contributed by atoms with Crippen LogP contribution in [0.3, 0.4) is 0 Å². The first-order valence-corrected chi connectivity index (χ1v) is 7.75. The van der Waals surface area contributed by atoms with Gasteiger partial charge in [-0.3, -0.25) is 4.79 Å². The smallest absolute Gasteiger partial charge is 0.254 e. The third-order valence-corrected chi connectivity index (χ3v) is 4.37. The molecule has 0 atom stereocenters. The van der Waals surface area contributed by atoms with Crippen molar-refractivity contribution in [3.05, 3.63) is 29.3 Å². The number of hydrogen-bond donors (Lipinski definition) is 0. The number of fused-ring (bicyclic) bond motifs is 1. The van der Waals surface area contributed by atoms with Crippen LogP contribution >= 0.6 is 0 Å². The standard InChI is InChI=1S/C17H24N2O2/c1-17(2,3)19-8-7-13-14(16(19)20)5-4-6-15(13)18-9-11-21-12-10-18/h4-6H,7-12H2,1-3H3. The molecule has 114 valence electrons. The number of anilines is 1. The highest BCUT2D eigenvalue weighted by molar-refractivity contribution is 5.98. The molecule has 0 spiro atoms. The van der Waals surface area contributed by atoms with Gasteiger partial charge in [-0.2, -0.15) is 0 Å². The summed E-state index contributed by atoms with van der Waals surface area (Å²) in [5.41, 5.74) is 3.19. The van der Waals surface area contributed by atoms with E-state index in [0.717, 1.165) is 44.8 Å². The van der Waals surface area contributed by atoms with Crippen molar-refractivity contribution in [1.82, 2.24) is 4.90 Å². The van der Waals surface area contributed by atoms with E-state index in [4.69, 9.17) is 4.74 Å². The Hall–Kier alpha value is -1.55. The van der Waals surface area contributed by atoms with Gasteiger partial charge in [0.2, 0.25) is 0 Å². The quantitative estimate of drug-likeness (QED) is 0.795. The van der Waals surface area contributed by atoms with E-state index in [2.05, 4.69) is 31.7 Å². The van der Waals surface area contributed by atoms with Crippen LogP contribution in [-0.4, -0.2) is 49.2 Å². The van der Waals surface area contributed by atoms with Crippen LogP contribution in [-0.2, 0) is 11.2 Å². The second-order valence-electron chi connectivity index (χ2n) is 6.78. The molecule has 4 heteroatoms. The molecule has 2 aliphatic rings. The van der Waals surface area contributed by atoms with Crippen LogP contribution in [0.1, 0.15) is 36.7 Å². The van der Waals surface area contributed by atoms with E-state index >= 15 is 0 Å². The number of benzene rings is 1. The highest BCUT2D eigenvalue weighted by Gasteiger charge is 2.33. The maximum atomic E-state index is 12.8. The Morgan fingerprint density at radius 1 is 1.10 bits per heavy atom. The Morgan fingerprint density at radius 3 is 2.48 bits per heavy atom. The molecule has 0 aliphatic carbocycles. The topological polar surface area (TPSA) is 32.8 Å². The van der Waals surface area contributed by atoms with Gasteiger partial charge >= 0.3 is 0 Å². The average Bonchev–Trinajstić information content (AvgIpc) is 2.47. The molecular formula is C17H24N2O2. The Labute approximate surface area is 126 Å². The van der Waals surface area contributed by atoms with Crippen LogP contribution in [0.5, 0.6) is 0 Å². The maximum Gasteiger partial charge on any atom is 0.254 e. The lowest BCUT2D eigenvalue weighted by molar-refractivity contribution is 0.0562. The summed E-state index contributed by atoms with van der Waals surface area (Å²) in [4.78, 5) is 17.1. The molecule has 0 bridgehead atoms. The minimum atomic E-state index is -0.121. The lowest BCUT2D eigenvalue weighted by atomic mass is 9.92. The van der Waals surface area contributed by atoms with E-state index in [1.165, 1.54) is 11.3 Å². The molecular weight excluding hydrogens is 264 g/mol. The fourth-order valence-corrected chi connectivity index (χ4v) is 3.25. The van der Waals surface area contributed by atoms with Crippen molar-refractivity contribution in [2.45, 2.75) is 32.7 Å². The molecule has 4 nitrogen and oxygen atoms in total. The average molecular weight is 288 g/mol. The van der Waals surface area contributed by atoms with Gasteiger partial charge in [-0.15, -0.1) is 0 Å². The van der Waals surface area contributed by atoms with Gasteiger partial charge in [0.25, 0.3) is 5.91 Å². The molecule has 21 heavy (non-hydrogen) atoms. The number of ether oxygens (including phenoxy) is 1. The number of carbonyl (C=O) groups excluding carboxylic acids is 1. The Morgan fingerprint density at radius 2 is 1.81 bits per heavy atom. The van der Waals surface area contributed by atoms with E-state index in [0.29, 0.717) is 0 Å². The van der Waals surface area contributed by atoms with Gasteiger partial charge < -0.3 is 14.5 Å². The van der Waals surface area contributed by atoms with Gasteiger partial charge in [-0.25, -0.2) is 0 Å². The summed E-state index contributed by atoms with van der Waals surface area (Å²) in [6.07, 6.45) is 0.936. The van der Waals surface area contributed by atoms with Crippen molar-refractivity contribution in [2.75, 3.05) is 37.7 Å². The van der Waals surface area contributed by atoms with Gasteiger partial charge in [0, 0.05) is 36.4 Å². The zero-order chi connectivity index (χ0) is 15.0. The molecule has 1 aromatic carbocycles. The molecule has 1 aromatic rings. The van der Waals surface area contributed by atoms with E-state index in [1.54, 1.807) is 0 Å². The van der Waals surface area contributed by atoms with Crippen molar-refractivity contribution >= 4 is 11.6 Å². The van der Waals surface area contributed by atoms with Crippen molar-refractivity contribution in [1.29, 1.82) is 0 Å².